The lowest BCUT2D eigenvalue weighted by molar-refractivity contribution is -0.139. The fourth-order valence-electron chi connectivity index (χ4n) is 3.28. The van der Waals surface area contributed by atoms with Crippen LogP contribution in [-0.4, -0.2) is 54.5 Å². The highest BCUT2D eigenvalue weighted by molar-refractivity contribution is 5.81. The molecule has 24 heavy (non-hydrogen) atoms. The molecule has 1 fully saturated rings. The van der Waals surface area contributed by atoms with Crippen molar-refractivity contribution in [2.24, 2.45) is 0 Å². The van der Waals surface area contributed by atoms with Crippen molar-refractivity contribution < 1.29 is 9.53 Å². The van der Waals surface area contributed by atoms with Gasteiger partial charge in [0.2, 0.25) is 5.91 Å². The maximum Gasteiger partial charge on any atom is 0.239 e. The quantitative estimate of drug-likeness (QED) is 0.766. The zero-order chi connectivity index (χ0) is 17.5. The van der Waals surface area contributed by atoms with Crippen molar-refractivity contribution in [3.8, 4) is 5.75 Å². The summed E-state index contributed by atoms with van der Waals surface area (Å²) in [5.74, 6) is 1.15. The van der Waals surface area contributed by atoms with E-state index in [1.807, 2.05) is 38.2 Å². The molecule has 0 radical (unpaired) electrons. The van der Waals surface area contributed by atoms with Gasteiger partial charge in [0.1, 0.15) is 12.4 Å². The van der Waals surface area contributed by atoms with Crippen LogP contribution in [0, 0.1) is 6.92 Å². The summed E-state index contributed by atoms with van der Waals surface area (Å²) in [5.41, 5.74) is 1.23. The van der Waals surface area contributed by atoms with Crippen LogP contribution in [0.5, 0.6) is 5.75 Å². The smallest absolute Gasteiger partial charge is 0.239 e. The number of ether oxygens (including phenoxy) is 1. The summed E-state index contributed by atoms with van der Waals surface area (Å²) in [4.78, 5) is 17.0. The highest BCUT2D eigenvalue weighted by atomic mass is 16.5. The van der Waals surface area contributed by atoms with E-state index in [2.05, 4.69) is 23.6 Å². The molecule has 1 saturated heterocycles. The molecule has 1 aromatic rings. The van der Waals surface area contributed by atoms with E-state index in [1.165, 1.54) is 12.0 Å². The fraction of sp³-hybridized carbons (Fsp3) is 0.650. The molecule has 0 N–H and O–H groups in total. The van der Waals surface area contributed by atoms with Gasteiger partial charge in [0, 0.05) is 19.1 Å². The molecular weight excluding hydrogens is 300 g/mol. The van der Waals surface area contributed by atoms with E-state index >= 15 is 0 Å². The minimum Gasteiger partial charge on any atom is -0.492 e. The highest BCUT2D eigenvalue weighted by Crippen LogP contribution is 2.21. The minimum absolute atomic E-state index is 0.0984. The van der Waals surface area contributed by atoms with Crippen molar-refractivity contribution in [1.82, 2.24) is 9.80 Å². The molecule has 4 nitrogen and oxygen atoms in total. The number of carbonyl (C=O) groups is 1. The predicted octanol–water partition coefficient (Wildman–Crippen LogP) is 3.49. The number of piperidine rings is 1. The molecule has 1 aromatic carbocycles. The molecule has 0 bridgehead atoms. The Labute approximate surface area is 146 Å². The molecule has 1 heterocycles. The number of nitrogens with zero attached hydrogens (tertiary/aromatic N) is 2. The Hall–Kier alpha value is -1.55. The first kappa shape index (κ1) is 18.8. The van der Waals surface area contributed by atoms with Crippen molar-refractivity contribution in [3.05, 3.63) is 29.8 Å². The summed E-state index contributed by atoms with van der Waals surface area (Å²) >= 11 is 0. The van der Waals surface area contributed by atoms with Crippen LogP contribution in [0.4, 0.5) is 0 Å². The first-order chi connectivity index (χ1) is 11.5. The molecule has 0 aromatic heterocycles. The second-order valence-corrected chi connectivity index (χ2v) is 6.91. The summed E-state index contributed by atoms with van der Waals surface area (Å²) in [6.45, 7) is 8.50. The Morgan fingerprint density at radius 1 is 1.33 bits per heavy atom. The van der Waals surface area contributed by atoms with E-state index in [0.717, 1.165) is 38.1 Å². The molecule has 0 spiro atoms. The van der Waals surface area contributed by atoms with Crippen molar-refractivity contribution >= 4 is 5.91 Å². The Kier molecular flexibility index (Phi) is 7.10. The van der Waals surface area contributed by atoms with Crippen LogP contribution >= 0.6 is 0 Å². The second-order valence-electron chi connectivity index (χ2n) is 6.91. The largest absolute Gasteiger partial charge is 0.492 e. The van der Waals surface area contributed by atoms with Gasteiger partial charge >= 0.3 is 0 Å². The van der Waals surface area contributed by atoms with Gasteiger partial charge in [-0.05, 0) is 58.7 Å². The summed E-state index contributed by atoms with van der Waals surface area (Å²) < 4.78 is 5.78. The topological polar surface area (TPSA) is 32.8 Å². The fourth-order valence-corrected chi connectivity index (χ4v) is 3.28. The normalized spacial score (nSPS) is 19.4. The maximum atomic E-state index is 12.8. The Morgan fingerprint density at radius 2 is 2.04 bits per heavy atom. The van der Waals surface area contributed by atoms with E-state index in [9.17, 15) is 4.79 Å². The van der Waals surface area contributed by atoms with Crippen LogP contribution in [-0.2, 0) is 4.79 Å². The summed E-state index contributed by atoms with van der Waals surface area (Å²) in [7, 11) is 2.01. The van der Waals surface area contributed by atoms with Gasteiger partial charge in [0.05, 0.1) is 6.04 Å². The Bertz CT molecular complexity index is 515. The molecule has 0 saturated carbocycles. The average molecular weight is 332 g/mol. The summed E-state index contributed by atoms with van der Waals surface area (Å²) in [6.07, 6.45) is 4.58. The summed E-state index contributed by atoms with van der Waals surface area (Å²) in [5, 5.41) is 0. The molecule has 0 aliphatic carbocycles. The second kappa shape index (κ2) is 9.07. The lowest BCUT2D eigenvalue weighted by atomic mass is 9.99. The van der Waals surface area contributed by atoms with Gasteiger partial charge in [-0.15, -0.1) is 0 Å². The number of likely N-dealkylation sites (tertiary alicyclic amines) is 1. The third kappa shape index (κ3) is 4.97. The van der Waals surface area contributed by atoms with Gasteiger partial charge < -0.3 is 9.64 Å². The molecule has 1 aliphatic rings. The zero-order valence-electron chi connectivity index (χ0n) is 15.6. The number of likely N-dealkylation sites (N-methyl/N-ethyl adjacent to an activating group) is 1. The lowest BCUT2D eigenvalue weighted by Gasteiger charge is -2.38. The standard InChI is InChI=1S/C20H32N2O2/c1-5-18-8-6-7-13-22(18)20(23)17(3)21(4)14-15-24-19-11-9-16(2)10-12-19/h9-12,17-18H,5-8,13-15H2,1-4H3. The Balaban J connectivity index is 1.81. The molecule has 1 aliphatic heterocycles. The number of aryl methyl sites for hydroxylation is 1. The van der Waals surface area contributed by atoms with E-state index in [-0.39, 0.29) is 11.9 Å². The number of amides is 1. The molecule has 2 unspecified atom stereocenters. The van der Waals surface area contributed by atoms with E-state index < -0.39 is 0 Å². The van der Waals surface area contributed by atoms with Crippen LogP contribution in [0.25, 0.3) is 0 Å². The van der Waals surface area contributed by atoms with Crippen molar-refractivity contribution in [2.75, 3.05) is 26.7 Å². The van der Waals surface area contributed by atoms with Crippen LogP contribution < -0.4 is 4.74 Å². The average Bonchev–Trinajstić information content (AvgIpc) is 2.62. The van der Waals surface area contributed by atoms with Gasteiger partial charge in [-0.1, -0.05) is 24.6 Å². The van der Waals surface area contributed by atoms with Crippen LogP contribution in [0.15, 0.2) is 24.3 Å². The van der Waals surface area contributed by atoms with E-state index in [4.69, 9.17) is 4.74 Å². The van der Waals surface area contributed by atoms with Crippen LogP contribution in [0.3, 0.4) is 0 Å². The third-order valence-corrected chi connectivity index (χ3v) is 5.13. The number of carbonyl (C=O) groups excluding carboxylic acids is 1. The number of hydrogen-bond donors (Lipinski definition) is 0. The van der Waals surface area contributed by atoms with Crippen molar-refractivity contribution in [2.45, 2.75) is 58.5 Å². The molecule has 4 heteroatoms. The van der Waals surface area contributed by atoms with E-state index in [1.54, 1.807) is 0 Å². The van der Waals surface area contributed by atoms with Crippen LogP contribution in [0.1, 0.15) is 45.1 Å². The monoisotopic (exact) mass is 332 g/mol. The molecule has 134 valence electrons. The first-order valence-corrected chi connectivity index (χ1v) is 9.23. The highest BCUT2D eigenvalue weighted by Gasteiger charge is 2.30. The number of hydrogen-bond acceptors (Lipinski definition) is 3. The van der Waals surface area contributed by atoms with E-state index in [0.29, 0.717) is 12.6 Å². The molecule has 2 rings (SSSR count). The lowest BCUT2D eigenvalue weighted by Crippen LogP contribution is -2.51. The molecule has 2 atom stereocenters. The number of rotatable bonds is 7. The third-order valence-electron chi connectivity index (χ3n) is 5.13. The maximum absolute atomic E-state index is 12.8. The number of benzene rings is 1. The van der Waals surface area contributed by atoms with Gasteiger partial charge in [-0.2, -0.15) is 0 Å². The predicted molar refractivity (Wildman–Crippen MR) is 98.4 cm³/mol. The molecular formula is C20H32N2O2. The molecule has 1 amide bonds. The van der Waals surface area contributed by atoms with Gasteiger partial charge in [0.15, 0.2) is 0 Å². The van der Waals surface area contributed by atoms with Crippen molar-refractivity contribution in [1.29, 1.82) is 0 Å². The summed E-state index contributed by atoms with van der Waals surface area (Å²) in [6, 6.07) is 8.40. The SMILES string of the molecule is CCC1CCCCN1C(=O)C(C)N(C)CCOc1ccc(C)cc1. The van der Waals surface area contributed by atoms with Crippen LogP contribution in [0.2, 0.25) is 0 Å². The first-order valence-electron chi connectivity index (χ1n) is 9.23. The van der Waals surface area contributed by atoms with Gasteiger partial charge in [-0.3, -0.25) is 9.69 Å². The Morgan fingerprint density at radius 3 is 2.71 bits per heavy atom. The van der Waals surface area contributed by atoms with Gasteiger partial charge in [0.25, 0.3) is 0 Å². The van der Waals surface area contributed by atoms with Gasteiger partial charge in [-0.25, -0.2) is 0 Å². The van der Waals surface area contributed by atoms with Crippen molar-refractivity contribution in [3.63, 3.8) is 0 Å². The zero-order valence-corrected chi connectivity index (χ0v) is 15.6. The minimum atomic E-state index is -0.0984.